The van der Waals surface area contributed by atoms with Crippen molar-refractivity contribution in [2.45, 2.75) is 38.6 Å². The highest BCUT2D eigenvalue weighted by atomic mass is 15.1. The van der Waals surface area contributed by atoms with Crippen LogP contribution >= 0.6 is 0 Å². The minimum absolute atomic E-state index is 0.543. The monoisotopic (exact) mass is 217 g/mol. The molecule has 1 atom stereocenters. The Morgan fingerprint density at radius 3 is 2.44 bits per heavy atom. The van der Waals surface area contributed by atoms with E-state index in [1.54, 1.807) is 0 Å². The van der Waals surface area contributed by atoms with Crippen molar-refractivity contribution in [1.82, 2.24) is 4.90 Å². The molecule has 0 aromatic heterocycles. The highest BCUT2D eigenvalue weighted by Gasteiger charge is 2.19. The maximum Gasteiger partial charge on any atom is 0.0316 e. The topological polar surface area (TPSA) is 3.24 Å². The Hall–Kier alpha value is -0.820. The van der Waals surface area contributed by atoms with Crippen molar-refractivity contribution < 1.29 is 0 Å². The van der Waals surface area contributed by atoms with E-state index < -0.39 is 0 Å². The molecule has 1 unspecified atom stereocenters. The molecule has 0 amide bonds. The Morgan fingerprint density at radius 2 is 1.81 bits per heavy atom. The van der Waals surface area contributed by atoms with E-state index in [1.165, 1.54) is 37.8 Å². The number of benzene rings is 1. The molecule has 1 aromatic carbocycles. The quantitative estimate of drug-likeness (QED) is 0.740. The molecule has 0 N–H and O–H groups in total. The summed E-state index contributed by atoms with van der Waals surface area (Å²) in [7, 11) is 2.26. The zero-order valence-electron chi connectivity index (χ0n) is 10.5. The molecule has 88 valence electrons. The van der Waals surface area contributed by atoms with E-state index in [4.69, 9.17) is 0 Å². The summed E-state index contributed by atoms with van der Waals surface area (Å²) in [5.41, 5.74) is 1.43. The van der Waals surface area contributed by atoms with Crippen molar-refractivity contribution in [2.75, 3.05) is 13.6 Å². The van der Waals surface area contributed by atoms with Crippen molar-refractivity contribution >= 4 is 0 Å². The Balaban J connectivity index is 1.91. The van der Waals surface area contributed by atoms with Gasteiger partial charge in [0.05, 0.1) is 0 Å². The maximum absolute atomic E-state index is 2.51. The van der Waals surface area contributed by atoms with E-state index >= 15 is 0 Å². The average Bonchev–Trinajstić information content (AvgIpc) is 2.82. The molecule has 2 rings (SSSR count). The molecular formula is C15H23N. The van der Waals surface area contributed by atoms with Crippen LogP contribution in [0.15, 0.2) is 30.3 Å². The molecule has 0 heterocycles. The van der Waals surface area contributed by atoms with Crippen LogP contribution in [0, 0.1) is 5.92 Å². The number of hydrogen-bond acceptors (Lipinski definition) is 1. The van der Waals surface area contributed by atoms with Crippen LogP contribution in [-0.4, -0.2) is 18.5 Å². The third kappa shape index (κ3) is 2.85. The van der Waals surface area contributed by atoms with Crippen LogP contribution in [0.5, 0.6) is 0 Å². The first-order valence-corrected chi connectivity index (χ1v) is 6.52. The highest BCUT2D eigenvalue weighted by Crippen LogP contribution is 2.28. The van der Waals surface area contributed by atoms with Crippen LogP contribution in [0.3, 0.4) is 0 Å². The van der Waals surface area contributed by atoms with Crippen molar-refractivity contribution in [2.24, 2.45) is 5.92 Å². The number of nitrogens with zero attached hydrogens (tertiary/aromatic N) is 1. The summed E-state index contributed by atoms with van der Waals surface area (Å²) >= 11 is 0. The van der Waals surface area contributed by atoms with Gasteiger partial charge in [0.2, 0.25) is 0 Å². The summed E-state index contributed by atoms with van der Waals surface area (Å²) in [6.45, 7) is 3.57. The maximum atomic E-state index is 2.51. The van der Waals surface area contributed by atoms with Crippen molar-refractivity contribution in [3.8, 4) is 0 Å². The Bertz CT molecular complexity index is 300. The van der Waals surface area contributed by atoms with Gasteiger partial charge in [-0.1, -0.05) is 43.2 Å². The molecule has 0 bridgehead atoms. The standard InChI is InChI=1S/C15H23N/c1-13(15-10-4-3-5-11-15)16(2)12-14-8-6-7-9-14/h3-5,10-11,13-14H,6-9,12H2,1-2H3. The van der Waals surface area contributed by atoms with Crippen LogP contribution in [0.4, 0.5) is 0 Å². The van der Waals surface area contributed by atoms with Gasteiger partial charge >= 0.3 is 0 Å². The zero-order valence-corrected chi connectivity index (χ0v) is 10.5. The number of rotatable bonds is 4. The van der Waals surface area contributed by atoms with Gasteiger partial charge in [0, 0.05) is 12.6 Å². The van der Waals surface area contributed by atoms with Crippen LogP contribution < -0.4 is 0 Å². The summed E-state index contributed by atoms with van der Waals surface area (Å²) in [4.78, 5) is 2.51. The Labute approximate surface area is 99.5 Å². The molecule has 1 aliphatic rings. The van der Waals surface area contributed by atoms with E-state index in [1.807, 2.05) is 0 Å². The summed E-state index contributed by atoms with van der Waals surface area (Å²) in [6.07, 6.45) is 5.76. The average molecular weight is 217 g/mol. The SMILES string of the molecule is CC(c1ccccc1)N(C)CC1CCCC1. The van der Waals surface area contributed by atoms with Gasteiger partial charge in [-0.25, -0.2) is 0 Å². The summed E-state index contributed by atoms with van der Waals surface area (Å²) in [5, 5.41) is 0. The van der Waals surface area contributed by atoms with E-state index in [0.29, 0.717) is 6.04 Å². The number of hydrogen-bond donors (Lipinski definition) is 0. The van der Waals surface area contributed by atoms with Gasteiger partial charge < -0.3 is 0 Å². The molecule has 16 heavy (non-hydrogen) atoms. The predicted molar refractivity (Wildman–Crippen MR) is 69.4 cm³/mol. The molecule has 0 spiro atoms. The van der Waals surface area contributed by atoms with Crippen LogP contribution in [-0.2, 0) is 0 Å². The lowest BCUT2D eigenvalue weighted by atomic mass is 10.0. The third-order valence-electron chi connectivity index (χ3n) is 3.96. The molecule has 0 aliphatic heterocycles. The zero-order chi connectivity index (χ0) is 11.4. The lowest BCUT2D eigenvalue weighted by Gasteiger charge is -2.27. The second-order valence-electron chi connectivity index (χ2n) is 5.18. The van der Waals surface area contributed by atoms with Gasteiger partial charge in [-0.3, -0.25) is 4.90 Å². The van der Waals surface area contributed by atoms with Crippen molar-refractivity contribution in [1.29, 1.82) is 0 Å². The fourth-order valence-electron chi connectivity index (χ4n) is 2.74. The van der Waals surface area contributed by atoms with Crippen LogP contribution in [0.2, 0.25) is 0 Å². The summed E-state index contributed by atoms with van der Waals surface area (Å²) in [6, 6.07) is 11.4. The smallest absolute Gasteiger partial charge is 0.0316 e. The Kier molecular flexibility index (Phi) is 4.00. The van der Waals surface area contributed by atoms with Crippen molar-refractivity contribution in [3.05, 3.63) is 35.9 Å². The minimum Gasteiger partial charge on any atom is -0.299 e. The lowest BCUT2D eigenvalue weighted by molar-refractivity contribution is 0.221. The summed E-state index contributed by atoms with van der Waals surface area (Å²) in [5.74, 6) is 0.941. The second-order valence-corrected chi connectivity index (χ2v) is 5.18. The molecule has 1 heteroatoms. The second kappa shape index (κ2) is 5.49. The van der Waals surface area contributed by atoms with E-state index in [2.05, 4.69) is 49.2 Å². The molecular weight excluding hydrogens is 194 g/mol. The van der Waals surface area contributed by atoms with Crippen molar-refractivity contribution in [3.63, 3.8) is 0 Å². The van der Waals surface area contributed by atoms with Gasteiger partial charge in [0.25, 0.3) is 0 Å². The molecule has 1 saturated carbocycles. The van der Waals surface area contributed by atoms with E-state index in [-0.39, 0.29) is 0 Å². The summed E-state index contributed by atoms with van der Waals surface area (Å²) < 4.78 is 0. The fraction of sp³-hybridized carbons (Fsp3) is 0.600. The molecule has 1 aromatic rings. The predicted octanol–water partition coefficient (Wildman–Crippen LogP) is 3.87. The molecule has 1 aliphatic carbocycles. The van der Waals surface area contributed by atoms with E-state index in [9.17, 15) is 0 Å². The largest absolute Gasteiger partial charge is 0.299 e. The van der Waals surface area contributed by atoms with Gasteiger partial charge in [-0.2, -0.15) is 0 Å². The first-order valence-electron chi connectivity index (χ1n) is 6.52. The fourth-order valence-corrected chi connectivity index (χ4v) is 2.74. The normalized spacial score (nSPS) is 19.2. The third-order valence-corrected chi connectivity index (χ3v) is 3.96. The first kappa shape index (κ1) is 11.7. The van der Waals surface area contributed by atoms with Gasteiger partial charge in [-0.15, -0.1) is 0 Å². The van der Waals surface area contributed by atoms with Gasteiger partial charge in [0.15, 0.2) is 0 Å². The highest BCUT2D eigenvalue weighted by molar-refractivity contribution is 5.18. The lowest BCUT2D eigenvalue weighted by Crippen LogP contribution is -2.27. The molecule has 0 radical (unpaired) electrons. The van der Waals surface area contributed by atoms with Gasteiger partial charge in [0.1, 0.15) is 0 Å². The Morgan fingerprint density at radius 1 is 1.19 bits per heavy atom. The molecule has 0 saturated heterocycles. The van der Waals surface area contributed by atoms with Crippen LogP contribution in [0.25, 0.3) is 0 Å². The van der Waals surface area contributed by atoms with Gasteiger partial charge in [-0.05, 0) is 38.3 Å². The molecule has 1 nitrogen and oxygen atoms in total. The minimum atomic E-state index is 0.543. The van der Waals surface area contributed by atoms with E-state index in [0.717, 1.165) is 5.92 Å². The molecule has 1 fully saturated rings. The first-order chi connectivity index (χ1) is 7.77. The van der Waals surface area contributed by atoms with Crippen LogP contribution in [0.1, 0.15) is 44.2 Å².